The predicted octanol–water partition coefficient (Wildman–Crippen LogP) is 18.5. The minimum atomic E-state index is -0.850. The van der Waals surface area contributed by atoms with Gasteiger partial charge in [0, 0.05) is 12.8 Å². The number of ether oxygens (including phenoxy) is 1. The highest BCUT2D eigenvalue weighted by Crippen LogP contribution is 2.18. The summed E-state index contributed by atoms with van der Waals surface area (Å²) in [5, 5.41) is 23.2. The third kappa shape index (κ3) is 52.0. The molecule has 392 valence electrons. The van der Waals surface area contributed by atoms with E-state index in [0.29, 0.717) is 19.4 Å². The first-order valence-electron chi connectivity index (χ1n) is 30.0. The van der Waals surface area contributed by atoms with E-state index in [0.717, 1.165) is 44.9 Å². The fourth-order valence-corrected chi connectivity index (χ4v) is 9.46. The molecule has 3 N–H and O–H groups in total. The Bertz CT molecular complexity index is 986. The summed E-state index contributed by atoms with van der Waals surface area (Å²) >= 11 is 0. The monoisotopic (exact) mass is 932 g/mol. The number of hydrogen-bond acceptors (Lipinski definition) is 5. The van der Waals surface area contributed by atoms with Gasteiger partial charge in [0.25, 0.3) is 0 Å². The first kappa shape index (κ1) is 64.6. The van der Waals surface area contributed by atoms with Gasteiger partial charge in [-0.1, -0.05) is 302 Å². The molecule has 0 spiro atoms. The van der Waals surface area contributed by atoms with Gasteiger partial charge in [-0.15, -0.1) is 0 Å². The van der Waals surface area contributed by atoms with Gasteiger partial charge in [0.15, 0.2) is 0 Å². The van der Waals surface area contributed by atoms with Gasteiger partial charge in [-0.05, 0) is 32.1 Å². The number of unbranched alkanes of at least 4 members (excludes halogenated alkanes) is 45. The molecule has 0 radical (unpaired) electrons. The van der Waals surface area contributed by atoms with Gasteiger partial charge in [0.05, 0.1) is 25.4 Å². The van der Waals surface area contributed by atoms with Crippen molar-refractivity contribution in [1.82, 2.24) is 5.32 Å². The molecule has 2 atom stereocenters. The molecule has 0 heterocycles. The molecule has 2 unspecified atom stereocenters. The van der Waals surface area contributed by atoms with Crippen LogP contribution in [-0.4, -0.2) is 47.4 Å². The Kier molecular flexibility index (Phi) is 55.0. The molecule has 0 aromatic heterocycles. The van der Waals surface area contributed by atoms with Gasteiger partial charge < -0.3 is 20.3 Å². The fourth-order valence-electron chi connectivity index (χ4n) is 9.46. The largest absolute Gasteiger partial charge is 0.466 e. The van der Waals surface area contributed by atoms with Crippen molar-refractivity contribution in [3.05, 3.63) is 12.2 Å². The molecule has 6 heteroatoms. The van der Waals surface area contributed by atoms with Crippen LogP contribution in [0.4, 0.5) is 0 Å². The Morgan fingerprint density at radius 2 is 0.697 bits per heavy atom. The Morgan fingerprint density at radius 3 is 1.03 bits per heavy atom. The molecule has 6 nitrogen and oxygen atoms in total. The molecule has 66 heavy (non-hydrogen) atoms. The van der Waals surface area contributed by atoms with Gasteiger partial charge in [-0.3, -0.25) is 9.59 Å². The number of carbonyl (C=O) groups excluding carboxylic acids is 2. The molecule has 0 rings (SSSR count). The molecule has 1 amide bonds. The quantitative estimate of drug-likeness (QED) is 0.0321. The molecule has 0 aromatic carbocycles. The Labute approximate surface area is 412 Å². The van der Waals surface area contributed by atoms with Crippen molar-refractivity contribution in [1.29, 1.82) is 0 Å². The van der Waals surface area contributed by atoms with Crippen molar-refractivity contribution in [2.24, 2.45) is 0 Å². The lowest BCUT2D eigenvalue weighted by atomic mass is 10.0. The smallest absolute Gasteiger partial charge is 0.305 e. The van der Waals surface area contributed by atoms with E-state index >= 15 is 0 Å². The minimum Gasteiger partial charge on any atom is -0.466 e. The van der Waals surface area contributed by atoms with E-state index in [1.54, 1.807) is 6.08 Å². The van der Waals surface area contributed by atoms with E-state index in [9.17, 15) is 19.8 Å². The van der Waals surface area contributed by atoms with Crippen LogP contribution < -0.4 is 5.32 Å². The first-order chi connectivity index (χ1) is 32.5. The lowest BCUT2D eigenvalue weighted by molar-refractivity contribution is -0.143. The molecule has 0 bridgehead atoms. The summed E-state index contributed by atoms with van der Waals surface area (Å²) in [6, 6.07) is -0.634. The SMILES string of the molecule is CCCCCCCCCCCCCCCCCCC/C=C/C(O)C(CO)NC(=O)CCCCCCCCCCCCCCCCCOC(=O)CCCCCCCCCCCCCCCCC. The first-order valence-corrected chi connectivity index (χ1v) is 30.0. The van der Waals surface area contributed by atoms with Crippen molar-refractivity contribution in [3.63, 3.8) is 0 Å². The lowest BCUT2D eigenvalue weighted by Gasteiger charge is -2.20. The second kappa shape index (κ2) is 56.2. The topological polar surface area (TPSA) is 95.9 Å². The second-order valence-corrected chi connectivity index (χ2v) is 20.7. The van der Waals surface area contributed by atoms with Crippen LogP contribution >= 0.6 is 0 Å². The van der Waals surface area contributed by atoms with Gasteiger partial charge in [0.2, 0.25) is 5.91 Å². The highest BCUT2D eigenvalue weighted by molar-refractivity contribution is 5.76. The summed E-state index contributed by atoms with van der Waals surface area (Å²) in [5.74, 6) is -0.0698. The number of allylic oxidation sites excluding steroid dienone is 1. The zero-order chi connectivity index (χ0) is 47.9. The van der Waals surface area contributed by atoms with E-state index in [1.165, 1.54) is 263 Å². The van der Waals surface area contributed by atoms with Gasteiger partial charge in [0.1, 0.15) is 0 Å². The van der Waals surface area contributed by atoms with Crippen LogP contribution in [0.5, 0.6) is 0 Å². The Morgan fingerprint density at radius 1 is 0.409 bits per heavy atom. The van der Waals surface area contributed by atoms with Crippen LogP contribution in [0.25, 0.3) is 0 Å². The standard InChI is InChI=1S/C60H117NO5/c1-3-5-7-9-11-13-15-17-19-20-21-22-25-28-32-36-40-44-48-52-58(63)57(56-62)61-59(64)53-49-45-41-37-33-29-26-23-27-31-35-39-43-47-51-55-66-60(65)54-50-46-42-38-34-30-24-18-16-14-12-10-8-6-4-2/h48,52,57-58,62-63H,3-47,49-51,53-56H2,1-2H3,(H,61,64)/b52-48+. The third-order valence-electron chi connectivity index (χ3n) is 14.1. The van der Waals surface area contributed by atoms with Crippen molar-refractivity contribution in [2.45, 2.75) is 347 Å². The third-order valence-corrected chi connectivity index (χ3v) is 14.1. The predicted molar refractivity (Wildman–Crippen MR) is 287 cm³/mol. The number of nitrogens with one attached hydrogen (secondary N) is 1. The lowest BCUT2D eigenvalue weighted by Crippen LogP contribution is -2.45. The van der Waals surface area contributed by atoms with Gasteiger partial charge in [-0.2, -0.15) is 0 Å². The highest BCUT2D eigenvalue weighted by atomic mass is 16.5. The maximum atomic E-state index is 12.5. The van der Waals surface area contributed by atoms with Crippen molar-refractivity contribution < 1.29 is 24.5 Å². The Hall–Kier alpha value is -1.40. The number of esters is 1. The molecule has 0 aromatic rings. The fraction of sp³-hybridized carbons (Fsp3) is 0.933. The molecular weight excluding hydrogens is 815 g/mol. The van der Waals surface area contributed by atoms with E-state index in [2.05, 4.69) is 19.2 Å². The molecule has 0 saturated carbocycles. The van der Waals surface area contributed by atoms with Crippen LogP contribution in [0, 0.1) is 0 Å². The molecular formula is C60H117NO5. The molecule has 0 aliphatic heterocycles. The Balaban J connectivity index is 3.45. The van der Waals surface area contributed by atoms with E-state index < -0.39 is 12.1 Å². The number of amides is 1. The number of aliphatic hydroxyl groups excluding tert-OH is 2. The van der Waals surface area contributed by atoms with Crippen LogP contribution in [-0.2, 0) is 14.3 Å². The van der Waals surface area contributed by atoms with Crippen molar-refractivity contribution in [3.8, 4) is 0 Å². The summed E-state index contributed by atoms with van der Waals surface area (Å²) in [4.78, 5) is 24.5. The van der Waals surface area contributed by atoms with Crippen LogP contribution in [0.15, 0.2) is 12.2 Å². The molecule has 0 aliphatic carbocycles. The second-order valence-electron chi connectivity index (χ2n) is 20.7. The van der Waals surface area contributed by atoms with Gasteiger partial charge >= 0.3 is 5.97 Å². The summed E-state index contributed by atoms with van der Waals surface area (Å²) in [6.07, 6.45) is 66.6. The maximum Gasteiger partial charge on any atom is 0.305 e. The van der Waals surface area contributed by atoms with Crippen LogP contribution in [0.1, 0.15) is 335 Å². The average molecular weight is 933 g/mol. The molecule has 0 fully saturated rings. The van der Waals surface area contributed by atoms with E-state index in [-0.39, 0.29) is 18.5 Å². The van der Waals surface area contributed by atoms with Crippen LogP contribution in [0.3, 0.4) is 0 Å². The number of aliphatic hydroxyl groups is 2. The normalized spacial score (nSPS) is 12.6. The highest BCUT2D eigenvalue weighted by Gasteiger charge is 2.18. The number of rotatable bonds is 56. The number of hydrogen-bond donors (Lipinski definition) is 3. The van der Waals surface area contributed by atoms with E-state index in [4.69, 9.17) is 4.74 Å². The van der Waals surface area contributed by atoms with Crippen molar-refractivity contribution >= 4 is 11.9 Å². The average Bonchev–Trinajstić information content (AvgIpc) is 3.32. The van der Waals surface area contributed by atoms with Gasteiger partial charge in [-0.25, -0.2) is 0 Å². The summed E-state index contributed by atoms with van der Waals surface area (Å²) < 4.78 is 5.48. The summed E-state index contributed by atoms with van der Waals surface area (Å²) in [6.45, 7) is 4.92. The zero-order valence-corrected chi connectivity index (χ0v) is 44.7. The summed E-state index contributed by atoms with van der Waals surface area (Å²) in [7, 11) is 0. The van der Waals surface area contributed by atoms with E-state index in [1.807, 2.05) is 6.08 Å². The van der Waals surface area contributed by atoms with Crippen LogP contribution in [0.2, 0.25) is 0 Å². The summed E-state index contributed by atoms with van der Waals surface area (Å²) in [5.41, 5.74) is 0. The zero-order valence-electron chi connectivity index (χ0n) is 44.7. The van der Waals surface area contributed by atoms with Crippen molar-refractivity contribution in [2.75, 3.05) is 13.2 Å². The minimum absolute atomic E-state index is 0.00324. The molecule has 0 saturated heterocycles. The number of carbonyl (C=O) groups is 2. The molecule has 0 aliphatic rings. The maximum absolute atomic E-state index is 12.5.